The number of rotatable bonds is 5. The lowest BCUT2D eigenvalue weighted by Gasteiger charge is -2.20. The number of methoxy groups -OCH3 is 1. The molecule has 0 bridgehead atoms. The second-order valence-corrected chi connectivity index (χ2v) is 6.23. The Labute approximate surface area is 139 Å². The summed E-state index contributed by atoms with van der Waals surface area (Å²) in [5.74, 6) is 0.846. The van der Waals surface area contributed by atoms with Crippen LogP contribution in [0.1, 0.15) is 22.7 Å². The molecule has 4 heteroatoms. The fourth-order valence-electron chi connectivity index (χ4n) is 2.44. The molecule has 21 heavy (non-hydrogen) atoms. The number of halogens is 2. The van der Waals surface area contributed by atoms with Gasteiger partial charge in [0.25, 0.3) is 0 Å². The third-order valence-electron chi connectivity index (χ3n) is 3.69. The number of benzene rings is 2. The first-order valence-corrected chi connectivity index (χ1v) is 7.98. The van der Waals surface area contributed by atoms with Crippen LogP contribution in [-0.2, 0) is 6.42 Å². The van der Waals surface area contributed by atoms with Gasteiger partial charge < -0.3 is 10.1 Å². The van der Waals surface area contributed by atoms with E-state index in [-0.39, 0.29) is 6.04 Å². The standard InChI is InChI=1S/C17H19BrClNO/c1-11-13(5-4-6-15(11)19)16(20-2)10-12-7-8-17(21-3)14(18)9-12/h4-9,16,20H,10H2,1-3H3. The first-order chi connectivity index (χ1) is 10.1. The van der Waals surface area contributed by atoms with Crippen molar-refractivity contribution in [2.75, 3.05) is 14.2 Å². The fraction of sp³-hybridized carbons (Fsp3) is 0.294. The van der Waals surface area contributed by atoms with Crippen molar-refractivity contribution in [2.24, 2.45) is 0 Å². The van der Waals surface area contributed by atoms with Gasteiger partial charge in [0.15, 0.2) is 0 Å². The number of hydrogen-bond acceptors (Lipinski definition) is 2. The molecule has 0 aliphatic carbocycles. The van der Waals surface area contributed by atoms with E-state index in [0.717, 1.165) is 27.2 Å². The van der Waals surface area contributed by atoms with E-state index in [1.165, 1.54) is 11.1 Å². The average Bonchev–Trinajstić information content (AvgIpc) is 2.48. The number of nitrogens with one attached hydrogen (secondary N) is 1. The molecule has 0 saturated carbocycles. The summed E-state index contributed by atoms with van der Waals surface area (Å²) in [4.78, 5) is 0. The van der Waals surface area contributed by atoms with Crippen molar-refractivity contribution in [3.8, 4) is 5.75 Å². The normalized spacial score (nSPS) is 12.2. The van der Waals surface area contributed by atoms with E-state index in [0.29, 0.717) is 0 Å². The fourth-order valence-corrected chi connectivity index (χ4v) is 3.21. The smallest absolute Gasteiger partial charge is 0.133 e. The highest BCUT2D eigenvalue weighted by Gasteiger charge is 2.14. The van der Waals surface area contributed by atoms with E-state index >= 15 is 0 Å². The molecule has 1 unspecified atom stereocenters. The lowest BCUT2D eigenvalue weighted by molar-refractivity contribution is 0.412. The predicted octanol–water partition coefficient (Wildman–Crippen LogP) is 4.92. The van der Waals surface area contributed by atoms with Crippen molar-refractivity contribution in [1.29, 1.82) is 0 Å². The molecule has 1 atom stereocenters. The van der Waals surface area contributed by atoms with Crippen LogP contribution in [0.15, 0.2) is 40.9 Å². The molecule has 0 aromatic heterocycles. The Balaban J connectivity index is 2.27. The Morgan fingerprint density at radius 1 is 1.29 bits per heavy atom. The van der Waals surface area contributed by atoms with Crippen LogP contribution in [0.25, 0.3) is 0 Å². The topological polar surface area (TPSA) is 21.3 Å². The maximum Gasteiger partial charge on any atom is 0.133 e. The largest absolute Gasteiger partial charge is 0.496 e. The Kier molecular flexibility index (Phi) is 5.68. The van der Waals surface area contributed by atoms with Gasteiger partial charge in [-0.15, -0.1) is 0 Å². The molecule has 2 aromatic rings. The molecule has 0 aliphatic rings. The summed E-state index contributed by atoms with van der Waals surface area (Å²) in [6.07, 6.45) is 0.889. The summed E-state index contributed by atoms with van der Waals surface area (Å²) in [6.45, 7) is 2.06. The molecule has 0 fully saturated rings. The molecule has 0 aliphatic heterocycles. The maximum absolute atomic E-state index is 6.23. The Morgan fingerprint density at radius 2 is 2.05 bits per heavy atom. The molecular formula is C17H19BrClNO. The van der Waals surface area contributed by atoms with E-state index in [2.05, 4.69) is 46.4 Å². The predicted molar refractivity (Wildman–Crippen MR) is 92.4 cm³/mol. The van der Waals surface area contributed by atoms with E-state index in [9.17, 15) is 0 Å². The van der Waals surface area contributed by atoms with Crippen LogP contribution >= 0.6 is 27.5 Å². The Morgan fingerprint density at radius 3 is 2.67 bits per heavy atom. The highest BCUT2D eigenvalue weighted by molar-refractivity contribution is 9.10. The summed E-state index contributed by atoms with van der Waals surface area (Å²) >= 11 is 9.77. The first-order valence-electron chi connectivity index (χ1n) is 6.81. The zero-order chi connectivity index (χ0) is 15.4. The van der Waals surface area contributed by atoms with Crippen molar-refractivity contribution in [1.82, 2.24) is 5.32 Å². The molecule has 2 rings (SSSR count). The van der Waals surface area contributed by atoms with Gasteiger partial charge in [-0.2, -0.15) is 0 Å². The van der Waals surface area contributed by atoms with Gasteiger partial charge >= 0.3 is 0 Å². The second kappa shape index (κ2) is 7.30. The zero-order valence-electron chi connectivity index (χ0n) is 12.4. The molecule has 112 valence electrons. The van der Waals surface area contributed by atoms with E-state index in [1.54, 1.807) is 7.11 Å². The minimum absolute atomic E-state index is 0.226. The summed E-state index contributed by atoms with van der Waals surface area (Å²) in [5, 5.41) is 4.19. The minimum atomic E-state index is 0.226. The van der Waals surface area contributed by atoms with Crippen molar-refractivity contribution in [3.63, 3.8) is 0 Å². The van der Waals surface area contributed by atoms with Crippen LogP contribution in [0.3, 0.4) is 0 Å². The van der Waals surface area contributed by atoms with Crippen LogP contribution in [0.2, 0.25) is 5.02 Å². The molecule has 0 saturated heterocycles. The molecule has 2 aromatic carbocycles. The van der Waals surface area contributed by atoms with Crippen LogP contribution in [0.4, 0.5) is 0 Å². The van der Waals surface area contributed by atoms with Crippen LogP contribution < -0.4 is 10.1 Å². The summed E-state index contributed by atoms with van der Waals surface area (Å²) < 4.78 is 6.24. The molecule has 0 spiro atoms. The third kappa shape index (κ3) is 3.79. The van der Waals surface area contributed by atoms with Gasteiger partial charge in [0.05, 0.1) is 11.6 Å². The minimum Gasteiger partial charge on any atom is -0.496 e. The Bertz CT molecular complexity index is 630. The van der Waals surface area contributed by atoms with Gasteiger partial charge in [-0.05, 0) is 71.2 Å². The lowest BCUT2D eigenvalue weighted by Crippen LogP contribution is -2.20. The molecule has 0 heterocycles. The summed E-state index contributed by atoms with van der Waals surface area (Å²) in [7, 11) is 3.65. The van der Waals surface area contributed by atoms with Gasteiger partial charge in [0, 0.05) is 11.1 Å². The number of hydrogen-bond donors (Lipinski definition) is 1. The van der Waals surface area contributed by atoms with E-state index < -0.39 is 0 Å². The van der Waals surface area contributed by atoms with Crippen LogP contribution in [-0.4, -0.2) is 14.2 Å². The average molecular weight is 369 g/mol. The SMILES string of the molecule is CNC(Cc1ccc(OC)c(Br)c1)c1cccc(Cl)c1C. The van der Waals surface area contributed by atoms with Crippen molar-refractivity contribution in [2.45, 2.75) is 19.4 Å². The van der Waals surface area contributed by atoms with Crippen molar-refractivity contribution in [3.05, 3.63) is 62.6 Å². The van der Waals surface area contributed by atoms with Gasteiger partial charge in [-0.1, -0.05) is 29.8 Å². The van der Waals surface area contributed by atoms with E-state index in [1.807, 2.05) is 25.2 Å². The highest BCUT2D eigenvalue weighted by Crippen LogP contribution is 2.30. The first kappa shape index (κ1) is 16.3. The summed E-state index contributed by atoms with van der Waals surface area (Å²) in [6, 6.07) is 12.5. The second-order valence-electron chi connectivity index (χ2n) is 4.97. The Hall–Kier alpha value is -1.03. The van der Waals surface area contributed by atoms with Gasteiger partial charge in [-0.25, -0.2) is 0 Å². The molecule has 0 amide bonds. The van der Waals surface area contributed by atoms with Crippen LogP contribution in [0.5, 0.6) is 5.75 Å². The number of likely N-dealkylation sites (N-methyl/N-ethyl adjacent to an activating group) is 1. The molecular weight excluding hydrogens is 350 g/mol. The van der Waals surface area contributed by atoms with Gasteiger partial charge in [-0.3, -0.25) is 0 Å². The van der Waals surface area contributed by atoms with Gasteiger partial charge in [0.2, 0.25) is 0 Å². The molecule has 0 radical (unpaired) electrons. The molecule has 1 N–H and O–H groups in total. The monoisotopic (exact) mass is 367 g/mol. The van der Waals surface area contributed by atoms with E-state index in [4.69, 9.17) is 16.3 Å². The maximum atomic E-state index is 6.23. The third-order valence-corrected chi connectivity index (χ3v) is 4.72. The van der Waals surface area contributed by atoms with Gasteiger partial charge in [0.1, 0.15) is 5.75 Å². The quantitative estimate of drug-likeness (QED) is 0.808. The zero-order valence-corrected chi connectivity index (χ0v) is 14.8. The van der Waals surface area contributed by atoms with Crippen molar-refractivity contribution >= 4 is 27.5 Å². The highest BCUT2D eigenvalue weighted by atomic mass is 79.9. The van der Waals surface area contributed by atoms with Crippen LogP contribution in [0, 0.1) is 6.92 Å². The van der Waals surface area contributed by atoms with Crippen molar-refractivity contribution < 1.29 is 4.74 Å². The number of ether oxygens (including phenoxy) is 1. The lowest BCUT2D eigenvalue weighted by atomic mass is 9.95. The molecule has 2 nitrogen and oxygen atoms in total. The summed E-state index contributed by atoms with van der Waals surface area (Å²) in [5.41, 5.74) is 3.60.